The smallest absolute Gasteiger partial charge is 0.293 e. The van der Waals surface area contributed by atoms with Gasteiger partial charge < -0.3 is 15.2 Å². The number of hydrogen-bond donors (Lipinski definition) is 2. The lowest BCUT2D eigenvalue weighted by Gasteiger charge is -2.22. The Balaban J connectivity index is 1.83. The average Bonchev–Trinajstić information content (AvgIpc) is 2.73. The molecular weight excluding hydrogens is 228 g/mol. The van der Waals surface area contributed by atoms with Crippen LogP contribution in [-0.4, -0.2) is 28.7 Å². The van der Waals surface area contributed by atoms with E-state index in [0.717, 1.165) is 13.1 Å². The van der Waals surface area contributed by atoms with Crippen molar-refractivity contribution in [3.8, 4) is 0 Å². The van der Waals surface area contributed by atoms with Crippen molar-refractivity contribution in [1.29, 1.82) is 0 Å². The molecule has 2 heterocycles. The molecule has 0 radical (unpaired) electrons. The van der Waals surface area contributed by atoms with Crippen molar-refractivity contribution >= 4 is 5.82 Å². The molecule has 1 aliphatic heterocycles. The zero-order valence-corrected chi connectivity index (χ0v) is 11.1. The van der Waals surface area contributed by atoms with E-state index < -0.39 is 0 Å². The van der Waals surface area contributed by atoms with Crippen LogP contribution in [0, 0.1) is 11.8 Å². The topological polar surface area (TPSA) is 59.0 Å². The highest BCUT2D eigenvalue weighted by molar-refractivity contribution is 5.37. The van der Waals surface area contributed by atoms with E-state index in [2.05, 4.69) is 15.6 Å². The molecule has 0 aromatic carbocycles. The Morgan fingerprint density at radius 3 is 2.67 bits per heavy atom. The molecule has 1 saturated carbocycles. The minimum atomic E-state index is -0.211. The van der Waals surface area contributed by atoms with Crippen molar-refractivity contribution in [2.24, 2.45) is 11.8 Å². The van der Waals surface area contributed by atoms with Crippen LogP contribution in [0.25, 0.3) is 0 Å². The maximum absolute atomic E-state index is 12.3. The second-order valence-corrected chi connectivity index (χ2v) is 6.28. The van der Waals surface area contributed by atoms with E-state index in [4.69, 9.17) is 0 Å². The normalized spacial score (nSPS) is 30.1. The lowest BCUT2D eigenvalue weighted by atomic mass is 10.1. The van der Waals surface area contributed by atoms with Crippen LogP contribution in [0.4, 0.5) is 5.82 Å². The first-order valence-corrected chi connectivity index (χ1v) is 6.54. The van der Waals surface area contributed by atoms with E-state index in [1.54, 1.807) is 17.0 Å². The predicted molar refractivity (Wildman–Crippen MR) is 70.8 cm³/mol. The molecule has 0 amide bonds. The van der Waals surface area contributed by atoms with Gasteiger partial charge in [0.05, 0.1) is 0 Å². The van der Waals surface area contributed by atoms with Crippen molar-refractivity contribution in [2.45, 2.75) is 32.4 Å². The van der Waals surface area contributed by atoms with Gasteiger partial charge in [0.15, 0.2) is 5.82 Å². The lowest BCUT2D eigenvalue weighted by molar-refractivity contribution is 0.383. The summed E-state index contributed by atoms with van der Waals surface area (Å²) >= 11 is 0. The summed E-state index contributed by atoms with van der Waals surface area (Å²) in [6.07, 6.45) is 3.45. The van der Waals surface area contributed by atoms with Gasteiger partial charge in [-0.1, -0.05) is 0 Å². The average molecular weight is 248 g/mol. The molecule has 1 aliphatic carbocycles. The van der Waals surface area contributed by atoms with Crippen LogP contribution in [0.2, 0.25) is 0 Å². The number of anilines is 1. The van der Waals surface area contributed by atoms with Crippen LogP contribution in [0.15, 0.2) is 17.2 Å². The van der Waals surface area contributed by atoms with Gasteiger partial charge in [-0.15, -0.1) is 0 Å². The van der Waals surface area contributed by atoms with Gasteiger partial charge >= 0.3 is 0 Å². The van der Waals surface area contributed by atoms with Crippen molar-refractivity contribution in [1.82, 2.24) is 14.9 Å². The van der Waals surface area contributed by atoms with Crippen LogP contribution in [0.1, 0.15) is 20.8 Å². The quantitative estimate of drug-likeness (QED) is 0.806. The van der Waals surface area contributed by atoms with Gasteiger partial charge in [0.2, 0.25) is 0 Å². The third-order valence-electron chi connectivity index (χ3n) is 3.96. The van der Waals surface area contributed by atoms with E-state index in [-0.39, 0.29) is 11.1 Å². The van der Waals surface area contributed by atoms with E-state index in [1.165, 1.54) is 0 Å². The van der Waals surface area contributed by atoms with Gasteiger partial charge in [-0.2, -0.15) is 0 Å². The van der Waals surface area contributed by atoms with Crippen LogP contribution in [-0.2, 0) is 5.54 Å². The predicted octanol–water partition coefficient (Wildman–Crippen LogP) is 0.628. The zero-order valence-electron chi connectivity index (χ0n) is 11.1. The van der Waals surface area contributed by atoms with Crippen LogP contribution in [0.5, 0.6) is 0 Å². The number of piperidine rings is 1. The largest absolute Gasteiger partial charge is 0.362 e. The Kier molecular flexibility index (Phi) is 2.48. The molecule has 5 heteroatoms. The summed E-state index contributed by atoms with van der Waals surface area (Å²) in [5, 5.41) is 6.66. The molecule has 5 nitrogen and oxygen atoms in total. The zero-order chi connectivity index (χ0) is 12.9. The van der Waals surface area contributed by atoms with E-state index in [9.17, 15) is 4.79 Å². The molecule has 1 aromatic rings. The fourth-order valence-electron chi connectivity index (χ4n) is 2.83. The number of hydrogen-bond acceptors (Lipinski definition) is 4. The number of fused-ring (bicyclic) bond motifs is 1. The summed E-state index contributed by atoms with van der Waals surface area (Å²) in [5.74, 6) is 1.84. The van der Waals surface area contributed by atoms with Crippen LogP contribution >= 0.6 is 0 Å². The second-order valence-electron chi connectivity index (χ2n) is 6.28. The maximum Gasteiger partial charge on any atom is 0.293 e. The molecule has 2 atom stereocenters. The molecule has 18 heavy (non-hydrogen) atoms. The Morgan fingerprint density at radius 2 is 2.06 bits per heavy atom. The molecule has 2 aliphatic rings. The Bertz CT molecular complexity index is 506. The molecule has 1 aromatic heterocycles. The number of nitrogens with zero attached hydrogens (tertiary/aromatic N) is 2. The highest BCUT2D eigenvalue weighted by Crippen LogP contribution is 2.43. The minimum Gasteiger partial charge on any atom is -0.362 e. The van der Waals surface area contributed by atoms with E-state index in [1.807, 2.05) is 20.8 Å². The van der Waals surface area contributed by atoms with Crippen molar-refractivity contribution in [3.05, 3.63) is 22.7 Å². The summed E-state index contributed by atoms with van der Waals surface area (Å²) in [6.45, 7) is 8.18. The van der Waals surface area contributed by atoms with Gasteiger partial charge in [0.1, 0.15) is 0 Å². The third-order valence-corrected chi connectivity index (χ3v) is 3.96. The highest BCUT2D eigenvalue weighted by atomic mass is 16.1. The fraction of sp³-hybridized carbons (Fsp3) is 0.692. The molecule has 2 fully saturated rings. The van der Waals surface area contributed by atoms with Crippen LogP contribution in [0.3, 0.4) is 0 Å². The van der Waals surface area contributed by atoms with E-state index in [0.29, 0.717) is 23.7 Å². The van der Waals surface area contributed by atoms with Gasteiger partial charge in [0, 0.05) is 37.1 Å². The van der Waals surface area contributed by atoms with Crippen molar-refractivity contribution in [3.63, 3.8) is 0 Å². The first-order chi connectivity index (χ1) is 8.48. The molecule has 2 N–H and O–H groups in total. The Labute approximate surface area is 107 Å². The fourth-order valence-corrected chi connectivity index (χ4v) is 2.83. The molecule has 1 saturated heterocycles. The molecule has 0 spiro atoms. The number of nitrogens with one attached hydrogen (secondary N) is 2. The molecule has 98 valence electrons. The maximum atomic E-state index is 12.3. The first-order valence-electron chi connectivity index (χ1n) is 6.54. The van der Waals surface area contributed by atoms with Crippen LogP contribution < -0.4 is 16.2 Å². The highest BCUT2D eigenvalue weighted by Gasteiger charge is 2.53. The number of rotatable bonds is 2. The second kappa shape index (κ2) is 3.82. The van der Waals surface area contributed by atoms with Gasteiger partial charge in [-0.25, -0.2) is 4.98 Å². The van der Waals surface area contributed by atoms with Crippen molar-refractivity contribution in [2.75, 3.05) is 18.4 Å². The lowest BCUT2D eigenvalue weighted by Crippen LogP contribution is -2.36. The monoisotopic (exact) mass is 248 g/mol. The molecule has 2 unspecified atom stereocenters. The Morgan fingerprint density at radius 1 is 1.39 bits per heavy atom. The van der Waals surface area contributed by atoms with E-state index >= 15 is 0 Å². The van der Waals surface area contributed by atoms with Gasteiger partial charge in [-0.3, -0.25) is 4.79 Å². The first kappa shape index (κ1) is 11.7. The van der Waals surface area contributed by atoms with Crippen molar-refractivity contribution < 1.29 is 0 Å². The standard InChI is InChI=1S/C13H20N4O/c1-13(2,3)17-5-4-15-11(12(17)18)16-10-8-6-14-7-9(8)10/h4-5,8-10,14H,6-7H2,1-3H3,(H,15,16). The van der Waals surface area contributed by atoms with Gasteiger partial charge in [0.25, 0.3) is 5.56 Å². The summed E-state index contributed by atoms with van der Waals surface area (Å²) < 4.78 is 1.73. The molecule has 3 rings (SSSR count). The summed E-state index contributed by atoms with van der Waals surface area (Å²) in [4.78, 5) is 16.5. The number of aromatic nitrogens is 2. The SMILES string of the molecule is CC(C)(C)n1ccnc(NC2C3CNCC32)c1=O. The third kappa shape index (κ3) is 1.82. The Hall–Kier alpha value is -1.36. The summed E-state index contributed by atoms with van der Waals surface area (Å²) in [7, 11) is 0. The summed E-state index contributed by atoms with van der Waals surface area (Å²) in [5.41, 5.74) is -0.236. The summed E-state index contributed by atoms with van der Waals surface area (Å²) in [6, 6.07) is 0.433. The molecule has 0 bridgehead atoms. The molecular formula is C13H20N4O. The minimum absolute atomic E-state index is 0.0251. The van der Waals surface area contributed by atoms with Gasteiger partial charge in [-0.05, 0) is 32.6 Å².